The van der Waals surface area contributed by atoms with Crippen molar-refractivity contribution in [3.8, 4) is 0 Å². The van der Waals surface area contributed by atoms with Crippen LogP contribution in [-0.2, 0) is 27.7 Å². The van der Waals surface area contributed by atoms with Gasteiger partial charge in [-0.05, 0) is 66.9 Å². The predicted octanol–water partition coefficient (Wildman–Crippen LogP) is 3.92. The summed E-state index contributed by atoms with van der Waals surface area (Å²) < 4.78 is 26.7. The Balaban J connectivity index is 1.30. The zero-order valence-corrected chi connectivity index (χ0v) is 20.7. The zero-order valence-electron chi connectivity index (χ0n) is 18.3. The minimum atomic E-state index is -4.08. The summed E-state index contributed by atoms with van der Waals surface area (Å²) in [5, 5.41) is 5.99. The van der Waals surface area contributed by atoms with E-state index in [1.807, 2.05) is 16.9 Å². The number of carbonyl (C=O) groups excluding carboxylic acids is 3. The number of amides is 4. The van der Waals surface area contributed by atoms with Crippen LogP contribution in [0.25, 0.3) is 0 Å². The van der Waals surface area contributed by atoms with Crippen LogP contribution in [0.1, 0.15) is 26.4 Å². The summed E-state index contributed by atoms with van der Waals surface area (Å²) in [5.41, 5.74) is 3.85. The molecule has 12 heteroatoms. The van der Waals surface area contributed by atoms with Crippen LogP contribution in [0.5, 0.6) is 0 Å². The van der Waals surface area contributed by atoms with Crippen molar-refractivity contribution in [2.45, 2.75) is 24.0 Å². The Morgan fingerprint density at radius 3 is 2.54 bits per heavy atom. The second kappa shape index (κ2) is 8.67. The molecule has 2 aliphatic heterocycles. The first-order chi connectivity index (χ1) is 16.6. The van der Waals surface area contributed by atoms with E-state index in [1.165, 1.54) is 30.3 Å². The number of sulfonamides is 1. The second-order valence-electron chi connectivity index (χ2n) is 8.13. The van der Waals surface area contributed by atoms with Gasteiger partial charge in [0.1, 0.15) is 4.21 Å². The lowest BCUT2D eigenvalue weighted by atomic mass is 9.94. The van der Waals surface area contributed by atoms with Gasteiger partial charge >= 0.3 is 6.03 Å². The van der Waals surface area contributed by atoms with Crippen LogP contribution in [0.3, 0.4) is 0 Å². The maximum absolute atomic E-state index is 13.1. The standard InChI is InChI=1S/C23H19ClN4O5S2/c1-12-18(24)11-21(34-12)35(32,33)27-23(31)26-15-2-4-16(5-3-15)28-20(29)10-14-9-19-13(6-7-25-19)8-17(14)22(28)30/h2-5,8-9,11,25H,6-7,10H2,1H3,(H2,26,27,31). The number of hydrogen-bond donors (Lipinski definition) is 3. The number of fused-ring (bicyclic) bond motifs is 2. The molecule has 3 N–H and O–H groups in total. The Bertz CT molecular complexity index is 1480. The Labute approximate surface area is 210 Å². The van der Waals surface area contributed by atoms with E-state index in [-0.39, 0.29) is 22.2 Å². The number of rotatable bonds is 4. The summed E-state index contributed by atoms with van der Waals surface area (Å²) in [6.45, 7) is 2.47. The van der Waals surface area contributed by atoms with E-state index in [9.17, 15) is 22.8 Å². The molecular weight excluding hydrogens is 512 g/mol. The monoisotopic (exact) mass is 530 g/mol. The van der Waals surface area contributed by atoms with Gasteiger partial charge in [0.2, 0.25) is 5.91 Å². The molecule has 3 heterocycles. The van der Waals surface area contributed by atoms with Crippen LogP contribution in [0, 0.1) is 6.92 Å². The zero-order chi connectivity index (χ0) is 24.9. The molecule has 0 fully saturated rings. The number of nitrogens with one attached hydrogen (secondary N) is 3. The molecule has 3 aromatic rings. The highest BCUT2D eigenvalue weighted by Gasteiger charge is 2.33. The van der Waals surface area contributed by atoms with E-state index in [1.54, 1.807) is 6.92 Å². The predicted molar refractivity (Wildman–Crippen MR) is 134 cm³/mol. The fraction of sp³-hybridized carbons (Fsp3) is 0.174. The van der Waals surface area contributed by atoms with E-state index in [0.29, 0.717) is 26.7 Å². The van der Waals surface area contributed by atoms with Crippen molar-refractivity contribution in [1.82, 2.24) is 4.72 Å². The van der Waals surface area contributed by atoms with Gasteiger partial charge in [0.25, 0.3) is 15.9 Å². The number of urea groups is 1. The maximum Gasteiger partial charge on any atom is 0.333 e. The lowest BCUT2D eigenvalue weighted by molar-refractivity contribution is -0.117. The van der Waals surface area contributed by atoms with Crippen LogP contribution >= 0.6 is 22.9 Å². The van der Waals surface area contributed by atoms with Crippen molar-refractivity contribution in [2.24, 2.45) is 0 Å². The highest BCUT2D eigenvalue weighted by molar-refractivity contribution is 7.92. The maximum atomic E-state index is 13.1. The fourth-order valence-electron chi connectivity index (χ4n) is 4.06. The van der Waals surface area contributed by atoms with Gasteiger partial charge in [-0.1, -0.05) is 11.6 Å². The third-order valence-electron chi connectivity index (χ3n) is 5.77. The van der Waals surface area contributed by atoms with Crippen molar-refractivity contribution >= 4 is 67.9 Å². The Morgan fingerprint density at radius 2 is 1.86 bits per heavy atom. The molecule has 0 saturated heterocycles. The van der Waals surface area contributed by atoms with Crippen LogP contribution in [0.2, 0.25) is 5.02 Å². The average molecular weight is 531 g/mol. The molecule has 5 rings (SSSR count). The molecule has 4 amide bonds. The first-order valence-corrected chi connectivity index (χ1v) is 13.3. The third kappa shape index (κ3) is 4.38. The van der Waals surface area contributed by atoms with Crippen molar-refractivity contribution < 1.29 is 22.8 Å². The number of anilines is 3. The number of imide groups is 1. The quantitative estimate of drug-likeness (QED) is 0.439. The van der Waals surface area contributed by atoms with Crippen LogP contribution in [-0.4, -0.2) is 32.8 Å². The van der Waals surface area contributed by atoms with Crippen LogP contribution in [0.4, 0.5) is 21.9 Å². The van der Waals surface area contributed by atoms with Gasteiger partial charge in [-0.25, -0.2) is 22.8 Å². The van der Waals surface area contributed by atoms with Crippen molar-refractivity contribution in [1.29, 1.82) is 0 Å². The van der Waals surface area contributed by atoms with Gasteiger partial charge in [-0.2, -0.15) is 0 Å². The minimum absolute atomic E-state index is 0.0747. The molecule has 0 atom stereocenters. The van der Waals surface area contributed by atoms with Gasteiger partial charge in [0.15, 0.2) is 0 Å². The molecule has 2 aliphatic rings. The van der Waals surface area contributed by atoms with Crippen LogP contribution < -0.4 is 20.3 Å². The molecular formula is C23H19ClN4O5S2. The molecule has 180 valence electrons. The summed E-state index contributed by atoms with van der Waals surface area (Å²) in [4.78, 5) is 39.9. The van der Waals surface area contributed by atoms with Crippen LogP contribution in [0.15, 0.2) is 46.7 Å². The molecule has 0 aliphatic carbocycles. The third-order valence-corrected chi connectivity index (χ3v) is 9.13. The largest absolute Gasteiger partial charge is 0.384 e. The molecule has 0 spiro atoms. The summed E-state index contributed by atoms with van der Waals surface area (Å²) in [6, 6.07) is 10.0. The topological polar surface area (TPSA) is 125 Å². The molecule has 1 aromatic heterocycles. The molecule has 0 radical (unpaired) electrons. The van der Waals surface area contributed by atoms with Crippen molar-refractivity contribution in [3.05, 3.63) is 69.1 Å². The van der Waals surface area contributed by atoms with Gasteiger partial charge in [-0.15, -0.1) is 11.3 Å². The fourth-order valence-corrected chi connectivity index (χ4v) is 6.66. The van der Waals surface area contributed by atoms with E-state index in [4.69, 9.17) is 11.6 Å². The highest BCUT2D eigenvalue weighted by Crippen LogP contribution is 2.32. The number of benzene rings is 2. The minimum Gasteiger partial charge on any atom is -0.384 e. The number of nitrogens with zero attached hydrogens (tertiary/aromatic N) is 1. The second-order valence-corrected chi connectivity index (χ2v) is 11.7. The van der Waals surface area contributed by atoms with E-state index < -0.39 is 22.0 Å². The summed E-state index contributed by atoms with van der Waals surface area (Å²) in [5.74, 6) is -0.754. The van der Waals surface area contributed by atoms with Gasteiger partial charge < -0.3 is 10.6 Å². The highest BCUT2D eigenvalue weighted by atomic mass is 35.5. The molecule has 0 unspecified atom stereocenters. The average Bonchev–Trinajstić information content (AvgIpc) is 3.39. The van der Waals surface area contributed by atoms with E-state index in [2.05, 4.69) is 10.6 Å². The Hall–Kier alpha value is -3.41. The number of carbonyl (C=O) groups is 3. The summed E-state index contributed by atoms with van der Waals surface area (Å²) >= 11 is 6.87. The van der Waals surface area contributed by atoms with Gasteiger partial charge in [-0.3, -0.25) is 9.59 Å². The molecule has 0 saturated carbocycles. The molecule has 2 aromatic carbocycles. The molecule has 9 nitrogen and oxygen atoms in total. The normalized spacial score (nSPS) is 14.9. The number of hydrogen-bond acceptors (Lipinski definition) is 7. The van der Waals surface area contributed by atoms with Gasteiger partial charge in [0, 0.05) is 28.4 Å². The van der Waals surface area contributed by atoms with Gasteiger partial charge in [0.05, 0.1) is 17.1 Å². The first kappa shape index (κ1) is 23.3. The molecule has 35 heavy (non-hydrogen) atoms. The first-order valence-electron chi connectivity index (χ1n) is 10.6. The SMILES string of the molecule is Cc1sc(S(=O)(=O)NC(=O)Nc2ccc(N3C(=O)Cc4cc5c(cc4C3=O)CCN5)cc2)cc1Cl. The lowest BCUT2D eigenvalue weighted by Crippen LogP contribution is -2.42. The van der Waals surface area contributed by atoms with E-state index in [0.717, 1.165) is 40.5 Å². The molecule has 0 bridgehead atoms. The Kier molecular flexibility index (Phi) is 5.78. The summed E-state index contributed by atoms with van der Waals surface area (Å²) in [7, 11) is -4.08. The summed E-state index contributed by atoms with van der Waals surface area (Å²) in [6.07, 6.45) is 0.920. The lowest BCUT2D eigenvalue weighted by Gasteiger charge is -2.27. The Morgan fingerprint density at radius 1 is 1.11 bits per heavy atom. The number of halogens is 1. The van der Waals surface area contributed by atoms with E-state index >= 15 is 0 Å². The number of aryl methyl sites for hydroxylation is 1. The number of thiophene rings is 1. The van der Waals surface area contributed by atoms with Crippen molar-refractivity contribution in [2.75, 3.05) is 22.1 Å². The smallest absolute Gasteiger partial charge is 0.333 e. The van der Waals surface area contributed by atoms with Crippen molar-refractivity contribution in [3.63, 3.8) is 0 Å².